The summed E-state index contributed by atoms with van der Waals surface area (Å²) in [5.41, 5.74) is 1.63. The van der Waals surface area contributed by atoms with Crippen LogP contribution in [-0.4, -0.2) is 36.8 Å². The van der Waals surface area contributed by atoms with Crippen molar-refractivity contribution in [2.24, 2.45) is 0 Å². The van der Waals surface area contributed by atoms with Gasteiger partial charge in [0.2, 0.25) is 11.7 Å². The van der Waals surface area contributed by atoms with Gasteiger partial charge < -0.3 is 23.6 Å². The van der Waals surface area contributed by atoms with Crippen molar-refractivity contribution in [3.63, 3.8) is 0 Å². The Kier molecular flexibility index (Phi) is 5.33. The molecule has 1 aliphatic heterocycles. The van der Waals surface area contributed by atoms with Crippen LogP contribution in [0.25, 0.3) is 11.4 Å². The van der Waals surface area contributed by atoms with Crippen molar-refractivity contribution in [3.8, 4) is 28.6 Å². The molecule has 0 atom stereocenters. The van der Waals surface area contributed by atoms with Gasteiger partial charge in [0.25, 0.3) is 5.89 Å². The fourth-order valence-corrected chi connectivity index (χ4v) is 3.19. The van der Waals surface area contributed by atoms with Crippen molar-refractivity contribution in [2.75, 3.05) is 25.7 Å². The number of carbonyl (C=O) groups excluding carboxylic acids is 1. The first-order chi connectivity index (χ1) is 14.2. The lowest BCUT2D eigenvalue weighted by Gasteiger charge is -2.15. The summed E-state index contributed by atoms with van der Waals surface area (Å²) in [7, 11) is 3.15. The number of rotatable bonds is 7. The fourth-order valence-electron chi connectivity index (χ4n) is 3.19. The van der Waals surface area contributed by atoms with Gasteiger partial charge in [0.15, 0.2) is 18.1 Å². The van der Waals surface area contributed by atoms with E-state index in [0.29, 0.717) is 35.4 Å². The number of hydrogen-bond donors (Lipinski definition) is 0. The molecule has 0 unspecified atom stereocenters. The molecule has 0 saturated carbocycles. The lowest BCUT2D eigenvalue weighted by molar-refractivity contribution is -0.117. The molecule has 0 radical (unpaired) electrons. The van der Waals surface area contributed by atoms with Crippen molar-refractivity contribution < 1.29 is 23.5 Å². The smallest absolute Gasteiger partial charge is 0.264 e. The number of ether oxygens (including phenoxy) is 3. The third-order valence-corrected chi connectivity index (χ3v) is 4.69. The highest BCUT2D eigenvalue weighted by molar-refractivity contribution is 5.95. The summed E-state index contributed by atoms with van der Waals surface area (Å²) in [4.78, 5) is 18.0. The highest BCUT2D eigenvalue weighted by Gasteiger charge is 2.21. The zero-order valence-corrected chi connectivity index (χ0v) is 16.3. The number of aromatic nitrogens is 2. The number of nitrogens with zero attached hydrogens (tertiary/aromatic N) is 3. The zero-order valence-electron chi connectivity index (χ0n) is 16.3. The van der Waals surface area contributed by atoms with Crippen LogP contribution in [0.1, 0.15) is 18.7 Å². The Hall–Kier alpha value is -3.55. The molecule has 150 valence electrons. The lowest BCUT2D eigenvalue weighted by Crippen LogP contribution is -2.23. The first-order valence-corrected chi connectivity index (χ1v) is 9.26. The Balaban J connectivity index is 1.40. The van der Waals surface area contributed by atoms with Crippen LogP contribution in [0.15, 0.2) is 47.0 Å². The van der Waals surface area contributed by atoms with Crippen LogP contribution >= 0.6 is 0 Å². The molecule has 3 aromatic rings. The minimum atomic E-state index is 0.141. The van der Waals surface area contributed by atoms with Gasteiger partial charge in [-0.05, 0) is 48.9 Å². The Morgan fingerprint density at radius 3 is 2.55 bits per heavy atom. The second kappa shape index (κ2) is 8.22. The van der Waals surface area contributed by atoms with E-state index < -0.39 is 0 Å². The molecule has 2 aromatic carbocycles. The van der Waals surface area contributed by atoms with E-state index in [2.05, 4.69) is 10.1 Å². The number of carbonyl (C=O) groups is 1. The molecule has 4 rings (SSSR count). The maximum absolute atomic E-state index is 11.8. The van der Waals surface area contributed by atoms with E-state index in [1.807, 2.05) is 30.3 Å². The lowest BCUT2D eigenvalue weighted by atomic mass is 10.2. The van der Waals surface area contributed by atoms with E-state index >= 15 is 0 Å². The summed E-state index contributed by atoms with van der Waals surface area (Å²) < 4.78 is 21.5. The van der Waals surface area contributed by atoms with E-state index in [1.165, 1.54) is 0 Å². The third kappa shape index (κ3) is 4.01. The van der Waals surface area contributed by atoms with Crippen LogP contribution in [0.2, 0.25) is 0 Å². The molecule has 8 heteroatoms. The van der Waals surface area contributed by atoms with Gasteiger partial charge in [-0.3, -0.25) is 4.79 Å². The molecule has 0 N–H and O–H groups in total. The molecule has 0 bridgehead atoms. The number of methoxy groups -OCH3 is 2. The molecule has 0 aliphatic carbocycles. The highest BCUT2D eigenvalue weighted by atomic mass is 16.5. The van der Waals surface area contributed by atoms with E-state index in [-0.39, 0.29) is 12.5 Å². The van der Waals surface area contributed by atoms with E-state index in [4.69, 9.17) is 18.7 Å². The molecule has 1 aliphatic rings. The normalized spacial score (nSPS) is 13.6. The van der Waals surface area contributed by atoms with Crippen molar-refractivity contribution >= 4 is 11.6 Å². The van der Waals surface area contributed by atoms with Gasteiger partial charge in [-0.2, -0.15) is 4.98 Å². The summed E-state index contributed by atoms with van der Waals surface area (Å²) in [5.74, 6) is 2.83. The molecule has 1 aromatic heterocycles. The minimum Gasteiger partial charge on any atom is -0.493 e. The number of amides is 1. The van der Waals surface area contributed by atoms with Crippen LogP contribution in [0.5, 0.6) is 17.2 Å². The van der Waals surface area contributed by atoms with E-state index in [9.17, 15) is 4.79 Å². The Bertz CT molecular complexity index is 1000. The largest absolute Gasteiger partial charge is 0.493 e. The van der Waals surface area contributed by atoms with Gasteiger partial charge in [0.05, 0.1) is 14.2 Å². The van der Waals surface area contributed by atoms with Crippen LogP contribution in [0, 0.1) is 0 Å². The molecule has 1 fully saturated rings. The van der Waals surface area contributed by atoms with Crippen molar-refractivity contribution in [1.82, 2.24) is 10.1 Å². The first-order valence-electron chi connectivity index (χ1n) is 9.26. The summed E-state index contributed by atoms with van der Waals surface area (Å²) in [6.45, 7) is 0.905. The SMILES string of the molecule is COc1ccc(-c2noc(COc3ccc(N4CCCC4=O)cc3)n2)cc1OC. The third-order valence-electron chi connectivity index (χ3n) is 4.69. The van der Waals surface area contributed by atoms with Gasteiger partial charge in [-0.15, -0.1) is 0 Å². The van der Waals surface area contributed by atoms with Crippen molar-refractivity contribution in [3.05, 3.63) is 48.4 Å². The molecule has 29 heavy (non-hydrogen) atoms. The molecule has 0 spiro atoms. The van der Waals surface area contributed by atoms with Crippen LogP contribution in [0.3, 0.4) is 0 Å². The monoisotopic (exact) mass is 395 g/mol. The Labute approximate surface area is 168 Å². The molecule has 1 amide bonds. The minimum absolute atomic E-state index is 0.141. The van der Waals surface area contributed by atoms with Crippen molar-refractivity contribution in [2.45, 2.75) is 19.4 Å². The maximum atomic E-state index is 11.8. The standard InChI is InChI=1S/C21H21N3O5/c1-26-17-10-5-14(12-18(17)27-2)21-22-19(29-23-21)13-28-16-8-6-15(7-9-16)24-11-3-4-20(24)25/h5-10,12H,3-4,11,13H2,1-2H3. The van der Waals surface area contributed by atoms with Gasteiger partial charge in [-0.1, -0.05) is 5.16 Å². The quantitative estimate of drug-likeness (QED) is 0.605. The fraction of sp³-hybridized carbons (Fsp3) is 0.286. The van der Waals surface area contributed by atoms with Crippen LogP contribution in [0.4, 0.5) is 5.69 Å². The van der Waals surface area contributed by atoms with Gasteiger partial charge in [0.1, 0.15) is 5.75 Å². The average molecular weight is 395 g/mol. The van der Waals surface area contributed by atoms with Gasteiger partial charge in [0, 0.05) is 24.2 Å². The molecule has 2 heterocycles. The van der Waals surface area contributed by atoms with Crippen LogP contribution in [-0.2, 0) is 11.4 Å². The molecule has 8 nitrogen and oxygen atoms in total. The zero-order chi connectivity index (χ0) is 20.2. The Morgan fingerprint density at radius 2 is 1.86 bits per heavy atom. The summed E-state index contributed by atoms with van der Waals surface area (Å²) in [6, 6.07) is 12.8. The summed E-state index contributed by atoms with van der Waals surface area (Å²) in [6.07, 6.45) is 1.51. The molecular weight excluding hydrogens is 374 g/mol. The maximum Gasteiger partial charge on any atom is 0.264 e. The first kappa shape index (κ1) is 18.8. The molecular formula is C21H21N3O5. The van der Waals surface area contributed by atoms with Crippen molar-refractivity contribution in [1.29, 1.82) is 0 Å². The number of anilines is 1. The van der Waals surface area contributed by atoms with Gasteiger partial charge in [-0.25, -0.2) is 0 Å². The summed E-state index contributed by atoms with van der Waals surface area (Å²) >= 11 is 0. The van der Waals surface area contributed by atoms with E-state index in [0.717, 1.165) is 24.2 Å². The predicted molar refractivity (Wildman–Crippen MR) is 105 cm³/mol. The topological polar surface area (TPSA) is 86.9 Å². The summed E-state index contributed by atoms with van der Waals surface area (Å²) in [5, 5.41) is 4.00. The average Bonchev–Trinajstić information content (AvgIpc) is 3.41. The highest BCUT2D eigenvalue weighted by Crippen LogP contribution is 2.31. The van der Waals surface area contributed by atoms with Crippen LogP contribution < -0.4 is 19.1 Å². The number of benzene rings is 2. The second-order valence-electron chi connectivity index (χ2n) is 6.51. The Morgan fingerprint density at radius 1 is 1.07 bits per heavy atom. The van der Waals surface area contributed by atoms with E-state index in [1.54, 1.807) is 31.3 Å². The molecule has 1 saturated heterocycles. The van der Waals surface area contributed by atoms with Gasteiger partial charge >= 0.3 is 0 Å². The number of hydrogen-bond acceptors (Lipinski definition) is 7. The predicted octanol–water partition coefficient (Wildman–Crippen LogP) is 3.46. The second-order valence-corrected chi connectivity index (χ2v) is 6.51.